The zero-order chi connectivity index (χ0) is 25.5. The van der Waals surface area contributed by atoms with Gasteiger partial charge in [-0.1, -0.05) is 6.07 Å². The third-order valence-electron chi connectivity index (χ3n) is 7.71. The van der Waals surface area contributed by atoms with Gasteiger partial charge in [0, 0.05) is 61.1 Å². The van der Waals surface area contributed by atoms with Gasteiger partial charge in [0.15, 0.2) is 0 Å². The number of anilines is 1. The summed E-state index contributed by atoms with van der Waals surface area (Å²) in [6.45, 7) is 7.20. The molecule has 4 aromatic rings. The molecule has 7 nitrogen and oxygen atoms in total. The van der Waals surface area contributed by atoms with Crippen LogP contribution in [0.15, 0.2) is 55.1 Å². The number of nitrogens with zero attached hydrogens (tertiary/aromatic N) is 5. The van der Waals surface area contributed by atoms with Crippen molar-refractivity contribution in [2.75, 3.05) is 24.5 Å². The Morgan fingerprint density at radius 3 is 2.59 bits per heavy atom. The number of pyridine rings is 1. The monoisotopic (exact) mass is 492 g/mol. The largest absolute Gasteiger partial charge is 0.351 e. The molecular weight excluding hydrogens is 460 g/mol. The van der Waals surface area contributed by atoms with E-state index in [2.05, 4.69) is 59.0 Å². The Balaban J connectivity index is 1.33. The van der Waals surface area contributed by atoms with E-state index >= 15 is 0 Å². The highest BCUT2D eigenvalue weighted by molar-refractivity contribution is 5.96. The van der Waals surface area contributed by atoms with Crippen molar-refractivity contribution >= 4 is 22.6 Å². The molecule has 1 fully saturated rings. The fourth-order valence-corrected chi connectivity index (χ4v) is 5.62. The second-order valence-corrected chi connectivity index (χ2v) is 10.4. The summed E-state index contributed by atoms with van der Waals surface area (Å²) < 4.78 is 0. The van der Waals surface area contributed by atoms with E-state index in [1.54, 1.807) is 6.33 Å². The third kappa shape index (κ3) is 4.55. The van der Waals surface area contributed by atoms with Gasteiger partial charge in [-0.3, -0.25) is 9.78 Å². The number of aryl methyl sites for hydroxylation is 2. The molecule has 2 aromatic heterocycles. The summed E-state index contributed by atoms with van der Waals surface area (Å²) in [7, 11) is 0. The van der Waals surface area contributed by atoms with E-state index in [0.717, 1.165) is 83.4 Å². The SMILES string of the molecule is Cc1cncc(-c2cc(C)c3ncnc(N4CCc5ccc(C(=O)N6CCC(N)CC6)cc5C4)c3c2)c1. The molecule has 0 unspecified atom stereocenters. The predicted molar refractivity (Wildman–Crippen MR) is 147 cm³/mol. The first kappa shape index (κ1) is 23.6. The van der Waals surface area contributed by atoms with Gasteiger partial charge in [0.1, 0.15) is 12.1 Å². The van der Waals surface area contributed by atoms with Crippen molar-refractivity contribution in [3.05, 3.63) is 82.9 Å². The maximum absolute atomic E-state index is 13.2. The van der Waals surface area contributed by atoms with Crippen LogP contribution in [0.2, 0.25) is 0 Å². The molecule has 1 amide bonds. The molecule has 37 heavy (non-hydrogen) atoms. The fraction of sp³-hybridized carbons (Fsp3) is 0.333. The maximum Gasteiger partial charge on any atom is 0.253 e. The number of carbonyl (C=O) groups excluding carboxylic acids is 1. The highest BCUT2D eigenvalue weighted by Gasteiger charge is 2.25. The van der Waals surface area contributed by atoms with E-state index in [0.29, 0.717) is 6.54 Å². The summed E-state index contributed by atoms with van der Waals surface area (Å²) in [5.74, 6) is 1.04. The molecule has 6 rings (SSSR count). The van der Waals surface area contributed by atoms with Crippen LogP contribution in [-0.2, 0) is 13.0 Å². The number of piperidine rings is 1. The quantitative estimate of drug-likeness (QED) is 0.455. The van der Waals surface area contributed by atoms with Crippen LogP contribution in [0.5, 0.6) is 0 Å². The molecule has 0 radical (unpaired) electrons. The lowest BCUT2D eigenvalue weighted by atomic mass is 9.95. The van der Waals surface area contributed by atoms with Crippen molar-refractivity contribution in [1.82, 2.24) is 19.9 Å². The Kier molecular flexibility index (Phi) is 6.08. The van der Waals surface area contributed by atoms with E-state index < -0.39 is 0 Å². The number of hydrogen-bond acceptors (Lipinski definition) is 6. The molecular formula is C30H32N6O. The van der Waals surface area contributed by atoms with E-state index in [9.17, 15) is 4.79 Å². The zero-order valence-electron chi connectivity index (χ0n) is 21.4. The number of rotatable bonds is 3. The van der Waals surface area contributed by atoms with Crippen LogP contribution in [0.25, 0.3) is 22.0 Å². The Morgan fingerprint density at radius 2 is 1.78 bits per heavy atom. The van der Waals surface area contributed by atoms with E-state index in [-0.39, 0.29) is 11.9 Å². The summed E-state index contributed by atoms with van der Waals surface area (Å²) >= 11 is 0. The normalized spacial score (nSPS) is 16.2. The predicted octanol–water partition coefficient (Wildman–Crippen LogP) is 4.43. The van der Waals surface area contributed by atoms with Crippen LogP contribution >= 0.6 is 0 Å². The van der Waals surface area contributed by atoms with Gasteiger partial charge in [0.25, 0.3) is 5.91 Å². The van der Waals surface area contributed by atoms with Gasteiger partial charge >= 0.3 is 0 Å². The number of aromatic nitrogens is 3. The van der Waals surface area contributed by atoms with Crippen molar-refractivity contribution in [2.24, 2.45) is 5.73 Å². The lowest BCUT2D eigenvalue weighted by Gasteiger charge is -2.32. The van der Waals surface area contributed by atoms with E-state index in [1.165, 1.54) is 11.1 Å². The minimum atomic E-state index is 0.103. The molecule has 0 bridgehead atoms. The van der Waals surface area contributed by atoms with Crippen molar-refractivity contribution < 1.29 is 4.79 Å². The Labute approximate surface area is 217 Å². The molecule has 0 spiro atoms. The van der Waals surface area contributed by atoms with Gasteiger partial charge in [0.2, 0.25) is 0 Å². The lowest BCUT2D eigenvalue weighted by Crippen LogP contribution is -2.43. The Morgan fingerprint density at radius 1 is 0.946 bits per heavy atom. The number of fused-ring (bicyclic) bond motifs is 2. The average Bonchev–Trinajstić information content (AvgIpc) is 2.92. The summed E-state index contributed by atoms with van der Waals surface area (Å²) in [4.78, 5) is 31.2. The molecule has 188 valence electrons. The first-order chi connectivity index (χ1) is 18.0. The topological polar surface area (TPSA) is 88.2 Å². The van der Waals surface area contributed by atoms with Crippen LogP contribution in [-0.4, -0.2) is 51.4 Å². The van der Waals surface area contributed by atoms with Crippen molar-refractivity contribution in [3.8, 4) is 11.1 Å². The minimum absolute atomic E-state index is 0.103. The third-order valence-corrected chi connectivity index (χ3v) is 7.71. The molecule has 4 heterocycles. The van der Waals surface area contributed by atoms with Crippen LogP contribution in [0.1, 0.15) is 45.5 Å². The minimum Gasteiger partial charge on any atom is -0.351 e. The number of benzene rings is 2. The summed E-state index contributed by atoms with van der Waals surface area (Å²) in [6.07, 6.45) is 8.08. The second-order valence-electron chi connectivity index (χ2n) is 10.4. The molecule has 7 heteroatoms. The lowest BCUT2D eigenvalue weighted by molar-refractivity contribution is 0.0714. The van der Waals surface area contributed by atoms with Gasteiger partial charge in [-0.05, 0) is 91.3 Å². The molecule has 2 N–H and O–H groups in total. The molecule has 0 aliphatic carbocycles. The second kappa shape index (κ2) is 9.56. The number of nitrogens with two attached hydrogens (primary N) is 1. The van der Waals surface area contributed by atoms with Gasteiger partial charge in [0.05, 0.1) is 5.52 Å². The molecule has 1 saturated heterocycles. The molecule has 2 aromatic carbocycles. The smallest absolute Gasteiger partial charge is 0.253 e. The first-order valence-electron chi connectivity index (χ1n) is 13.1. The highest BCUT2D eigenvalue weighted by atomic mass is 16.2. The van der Waals surface area contributed by atoms with Crippen molar-refractivity contribution in [1.29, 1.82) is 0 Å². The van der Waals surface area contributed by atoms with Gasteiger partial charge in [-0.2, -0.15) is 0 Å². The molecule has 0 saturated carbocycles. The molecule has 2 aliphatic heterocycles. The van der Waals surface area contributed by atoms with Crippen LogP contribution in [0.4, 0.5) is 5.82 Å². The molecule has 0 atom stereocenters. The summed E-state index contributed by atoms with van der Waals surface area (Å²) in [5.41, 5.74) is 14.7. The number of likely N-dealkylation sites (tertiary alicyclic amines) is 1. The van der Waals surface area contributed by atoms with Gasteiger partial charge in [-0.15, -0.1) is 0 Å². The zero-order valence-corrected chi connectivity index (χ0v) is 21.4. The van der Waals surface area contributed by atoms with Crippen molar-refractivity contribution in [2.45, 2.75) is 45.7 Å². The number of amides is 1. The average molecular weight is 493 g/mol. The number of hydrogen-bond donors (Lipinski definition) is 1. The Bertz CT molecular complexity index is 1490. The highest BCUT2D eigenvalue weighted by Crippen LogP contribution is 2.33. The maximum atomic E-state index is 13.2. The summed E-state index contributed by atoms with van der Waals surface area (Å²) in [6, 6.07) is 12.9. The van der Waals surface area contributed by atoms with E-state index in [1.807, 2.05) is 23.4 Å². The van der Waals surface area contributed by atoms with Gasteiger partial charge < -0.3 is 15.5 Å². The standard InChI is InChI=1S/C30H32N6O/c1-19-11-24(16-32-15-19)23-12-20(2)28-27(14-23)29(34-18-33-28)36-8-5-21-3-4-22(13-25(21)17-36)30(37)35-9-6-26(31)7-10-35/h3-4,11-16,18,26H,5-10,17,31H2,1-2H3. The number of carbonyl (C=O) groups is 1. The van der Waals surface area contributed by atoms with Crippen LogP contribution < -0.4 is 10.6 Å². The summed E-state index contributed by atoms with van der Waals surface area (Å²) in [5, 5.41) is 1.04. The first-order valence-corrected chi connectivity index (χ1v) is 13.1. The van der Waals surface area contributed by atoms with Crippen LogP contribution in [0, 0.1) is 13.8 Å². The van der Waals surface area contributed by atoms with Crippen molar-refractivity contribution in [3.63, 3.8) is 0 Å². The van der Waals surface area contributed by atoms with Gasteiger partial charge in [-0.25, -0.2) is 9.97 Å². The van der Waals surface area contributed by atoms with Crippen LogP contribution in [0.3, 0.4) is 0 Å². The Hall–Kier alpha value is -3.84. The van der Waals surface area contributed by atoms with E-state index in [4.69, 9.17) is 10.7 Å². The molecule has 2 aliphatic rings. The fourth-order valence-electron chi connectivity index (χ4n) is 5.62.